The zero-order valence-corrected chi connectivity index (χ0v) is 16.9. The molecule has 0 aliphatic carbocycles. The minimum Gasteiger partial charge on any atom is -0.494 e. The average molecular weight is 403 g/mol. The summed E-state index contributed by atoms with van der Waals surface area (Å²) in [6.07, 6.45) is 2.65. The molecule has 7 heteroatoms. The number of carbonyl (C=O) groups is 1. The lowest BCUT2D eigenvalue weighted by molar-refractivity contribution is -0.116. The van der Waals surface area contributed by atoms with E-state index in [1.807, 2.05) is 31.2 Å². The summed E-state index contributed by atoms with van der Waals surface area (Å²) in [6, 6.07) is 14.2. The lowest BCUT2D eigenvalue weighted by Crippen LogP contribution is -2.27. The third-order valence-corrected chi connectivity index (χ3v) is 6.55. The number of ether oxygens (including phenoxy) is 1. The van der Waals surface area contributed by atoms with Crippen LogP contribution in [0.15, 0.2) is 53.4 Å². The molecular formula is C21H26N2O4S. The van der Waals surface area contributed by atoms with Crippen molar-refractivity contribution in [2.75, 3.05) is 25.0 Å². The van der Waals surface area contributed by atoms with Crippen LogP contribution in [0.5, 0.6) is 5.75 Å². The summed E-state index contributed by atoms with van der Waals surface area (Å²) in [5.41, 5.74) is 1.66. The van der Waals surface area contributed by atoms with E-state index in [4.69, 9.17) is 4.74 Å². The molecule has 2 aromatic carbocycles. The smallest absolute Gasteiger partial charge is 0.243 e. The molecule has 2 aromatic rings. The quantitative estimate of drug-likeness (QED) is 0.685. The summed E-state index contributed by atoms with van der Waals surface area (Å²) in [4.78, 5) is 12.4. The number of anilines is 1. The fourth-order valence-corrected chi connectivity index (χ4v) is 4.66. The molecule has 0 saturated carbocycles. The number of hydrogen-bond donors (Lipinski definition) is 1. The van der Waals surface area contributed by atoms with E-state index in [-0.39, 0.29) is 10.8 Å². The Kier molecular flexibility index (Phi) is 6.70. The van der Waals surface area contributed by atoms with Crippen molar-refractivity contribution in [3.63, 3.8) is 0 Å². The van der Waals surface area contributed by atoms with Crippen molar-refractivity contribution in [3.05, 3.63) is 54.1 Å². The topological polar surface area (TPSA) is 75.7 Å². The lowest BCUT2D eigenvalue weighted by atomic mass is 10.2. The Morgan fingerprint density at radius 1 is 1.11 bits per heavy atom. The molecule has 6 nitrogen and oxygen atoms in total. The number of aryl methyl sites for hydroxylation is 1. The van der Waals surface area contributed by atoms with Crippen molar-refractivity contribution in [1.82, 2.24) is 4.31 Å². The third kappa shape index (κ3) is 5.33. The van der Waals surface area contributed by atoms with E-state index >= 15 is 0 Å². The van der Waals surface area contributed by atoms with Gasteiger partial charge in [0.05, 0.1) is 11.5 Å². The summed E-state index contributed by atoms with van der Waals surface area (Å²) in [6.45, 7) is 3.57. The number of nitrogens with one attached hydrogen (secondary N) is 1. The van der Waals surface area contributed by atoms with Crippen LogP contribution in [0, 0.1) is 6.92 Å². The Labute approximate surface area is 166 Å². The minimum atomic E-state index is -3.49. The molecule has 3 rings (SSSR count). The molecule has 1 aliphatic heterocycles. The standard InChI is InChI=1S/C21H26N2O4S/c1-17-9-11-19(12-10-17)27-15-5-8-21(24)22-18-6-4-7-20(16-18)28(25,26)23-13-2-3-14-23/h4,6-7,9-12,16H,2-3,5,8,13-15H2,1H3,(H,22,24). The Balaban J connectivity index is 1.49. The summed E-state index contributed by atoms with van der Waals surface area (Å²) in [5.74, 6) is 0.619. The van der Waals surface area contributed by atoms with Crippen LogP contribution < -0.4 is 10.1 Å². The maximum atomic E-state index is 12.6. The highest BCUT2D eigenvalue weighted by Gasteiger charge is 2.27. The number of amides is 1. The maximum absolute atomic E-state index is 12.6. The largest absolute Gasteiger partial charge is 0.494 e. The molecule has 0 bridgehead atoms. The average Bonchev–Trinajstić information content (AvgIpc) is 3.22. The molecule has 1 N–H and O–H groups in total. The molecule has 1 saturated heterocycles. The Hall–Kier alpha value is -2.38. The third-order valence-electron chi connectivity index (χ3n) is 4.66. The number of rotatable bonds is 8. The van der Waals surface area contributed by atoms with Gasteiger partial charge in [0, 0.05) is 25.2 Å². The molecule has 0 aromatic heterocycles. The van der Waals surface area contributed by atoms with Gasteiger partial charge in [0.2, 0.25) is 15.9 Å². The zero-order chi connectivity index (χ0) is 20.0. The Morgan fingerprint density at radius 3 is 2.54 bits per heavy atom. The lowest BCUT2D eigenvalue weighted by Gasteiger charge is -2.16. The SMILES string of the molecule is Cc1ccc(OCCCC(=O)Nc2cccc(S(=O)(=O)N3CCCC3)c2)cc1. The molecule has 1 aliphatic rings. The first-order valence-corrected chi connectivity index (χ1v) is 11.0. The number of nitrogens with zero attached hydrogens (tertiary/aromatic N) is 1. The van der Waals surface area contributed by atoms with Crippen LogP contribution in [-0.2, 0) is 14.8 Å². The van der Waals surface area contributed by atoms with Gasteiger partial charge in [-0.15, -0.1) is 0 Å². The van der Waals surface area contributed by atoms with Crippen molar-refractivity contribution in [2.45, 2.75) is 37.5 Å². The first kappa shape index (κ1) is 20.4. The molecule has 1 fully saturated rings. The molecule has 1 amide bonds. The van der Waals surface area contributed by atoms with Gasteiger partial charge in [-0.05, 0) is 56.5 Å². The predicted octanol–water partition coefficient (Wildman–Crippen LogP) is 3.58. The summed E-state index contributed by atoms with van der Waals surface area (Å²) < 4.78 is 32.4. The van der Waals surface area contributed by atoms with E-state index in [2.05, 4.69) is 5.32 Å². The second-order valence-electron chi connectivity index (χ2n) is 6.95. The molecule has 0 unspecified atom stereocenters. The number of carbonyl (C=O) groups excluding carboxylic acids is 1. The highest BCUT2D eigenvalue weighted by Crippen LogP contribution is 2.23. The molecule has 0 radical (unpaired) electrons. The van der Waals surface area contributed by atoms with Crippen molar-refractivity contribution in [2.24, 2.45) is 0 Å². The van der Waals surface area contributed by atoms with Gasteiger partial charge in [0.1, 0.15) is 5.75 Å². The van der Waals surface area contributed by atoms with Gasteiger partial charge in [0.15, 0.2) is 0 Å². The molecule has 1 heterocycles. The first-order valence-electron chi connectivity index (χ1n) is 9.55. The van der Waals surface area contributed by atoms with Crippen LogP contribution in [-0.4, -0.2) is 38.3 Å². The van der Waals surface area contributed by atoms with Crippen molar-refractivity contribution in [3.8, 4) is 5.75 Å². The number of sulfonamides is 1. The summed E-state index contributed by atoms with van der Waals surface area (Å²) >= 11 is 0. The Bertz CT molecular complexity index is 904. The zero-order valence-electron chi connectivity index (χ0n) is 16.1. The maximum Gasteiger partial charge on any atom is 0.243 e. The minimum absolute atomic E-state index is 0.164. The van der Waals surface area contributed by atoms with Gasteiger partial charge in [-0.1, -0.05) is 23.8 Å². The van der Waals surface area contributed by atoms with Crippen LogP contribution in [0.2, 0.25) is 0 Å². The van der Waals surface area contributed by atoms with Crippen LogP contribution in [0.25, 0.3) is 0 Å². The highest BCUT2D eigenvalue weighted by molar-refractivity contribution is 7.89. The van der Waals surface area contributed by atoms with Gasteiger partial charge in [-0.3, -0.25) is 4.79 Å². The summed E-state index contributed by atoms with van der Waals surface area (Å²) in [7, 11) is -3.49. The van der Waals surface area contributed by atoms with Gasteiger partial charge in [-0.25, -0.2) is 8.42 Å². The van der Waals surface area contributed by atoms with Crippen LogP contribution in [0.3, 0.4) is 0 Å². The van der Waals surface area contributed by atoms with Crippen molar-refractivity contribution >= 4 is 21.6 Å². The van der Waals surface area contributed by atoms with Crippen LogP contribution >= 0.6 is 0 Å². The molecule has 0 atom stereocenters. The van der Waals surface area contributed by atoms with Gasteiger partial charge < -0.3 is 10.1 Å². The molecule has 0 spiro atoms. The first-order chi connectivity index (χ1) is 13.4. The van der Waals surface area contributed by atoms with Crippen molar-refractivity contribution in [1.29, 1.82) is 0 Å². The fraction of sp³-hybridized carbons (Fsp3) is 0.381. The highest BCUT2D eigenvalue weighted by atomic mass is 32.2. The van der Waals surface area contributed by atoms with Gasteiger partial charge in [0.25, 0.3) is 0 Å². The Morgan fingerprint density at radius 2 is 1.82 bits per heavy atom. The molecular weight excluding hydrogens is 376 g/mol. The fourth-order valence-electron chi connectivity index (χ4n) is 3.09. The number of hydrogen-bond acceptors (Lipinski definition) is 4. The molecule has 28 heavy (non-hydrogen) atoms. The normalized spacial score (nSPS) is 14.8. The van der Waals surface area contributed by atoms with E-state index in [9.17, 15) is 13.2 Å². The second kappa shape index (κ2) is 9.21. The van der Waals surface area contributed by atoms with E-state index in [1.165, 1.54) is 15.9 Å². The number of benzene rings is 2. The van der Waals surface area contributed by atoms with Crippen molar-refractivity contribution < 1.29 is 17.9 Å². The monoisotopic (exact) mass is 402 g/mol. The van der Waals surface area contributed by atoms with Crippen LogP contribution in [0.4, 0.5) is 5.69 Å². The summed E-state index contributed by atoms with van der Waals surface area (Å²) in [5, 5.41) is 2.77. The van der Waals surface area contributed by atoms with E-state index in [0.717, 1.165) is 18.6 Å². The van der Waals surface area contributed by atoms with Gasteiger partial charge >= 0.3 is 0 Å². The van der Waals surface area contributed by atoms with E-state index in [0.29, 0.717) is 38.2 Å². The van der Waals surface area contributed by atoms with Gasteiger partial charge in [-0.2, -0.15) is 4.31 Å². The van der Waals surface area contributed by atoms with Crippen LogP contribution in [0.1, 0.15) is 31.2 Å². The predicted molar refractivity (Wildman–Crippen MR) is 109 cm³/mol. The van der Waals surface area contributed by atoms with E-state index < -0.39 is 10.0 Å². The molecule has 150 valence electrons. The second-order valence-corrected chi connectivity index (χ2v) is 8.89. The van der Waals surface area contributed by atoms with E-state index in [1.54, 1.807) is 18.2 Å².